The molecule has 0 aromatic heterocycles. The first-order valence-corrected chi connectivity index (χ1v) is 10.3. The van der Waals surface area contributed by atoms with E-state index < -0.39 is 11.6 Å². The van der Waals surface area contributed by atoms with Gasteiger partial charge in [0.15, 0.2) is 0 Å². The molecule has 2 fully saturated rings. The number of rotatable bonds is 2. The van der Waals surface area contributed by atoms with Gasteiger partial charge in [-0.25, -0.2) is 0 Å². The van der Waals surface area contributed by atoms with E-state index in [1.165, 1.54) is 12.8 Å². The Balaban J connectivity index is 1.66. The molecule has 0 saturated carbocycles. The summed E-state index contributed by atoms with van der Waals surface area (Å²) in [5.41, 5.74) is 1.17. The minimum Gasteiger partial charge on any atom is -0.369 e. The minimum atomic E-state index is -0.604. The Bertz CT molecular complexity index is 706. The number of piperidine rings is 1. The van der Waals surface area contributed by atoms with E-state index in [1.807, 2.05) is 36.1 Å². The fourth-order valence-electron chi connectivity index (χ4n) is 4.68. The molecule has 146 valence electrons. The van der Waals surface area contributed by atoms with Crippen LogP contribution in [-0.2, 0) is 9.59 Å². The zero-order chi connectivity index (χ0) is 18.9. The normalized spacial score (nSPS) is 23.4. The van der Waals surface area contributed by atoms with Crippen LogP contribution in [0.2, 0.25) is 0 Å². The lowest BCUT2D eigenvalue weighted by atomic mass is 9.83. The summed E-state index contributed by atoms with van der Waals surface area (Å²) in [6.07, 6.45) is 5.95. The van der Waals surface area contributed by atoms with E-state index >= 15 is 0 Å². The summed E-state index contributed by atoms with van der Waals surface area (Å²) >= 11 is 0. The molecule has 0 unspecified atom stereocenters. The van der Waals surface area contributed by atoms with Crippen molar-refractivity contribution in [2.75, 3.05) is 36.4 Å². The monoisotopic (exact) mass is 370 g/mol. The van der Waals surface area contributed by atoms with Crippen molar-refractivity contribution in [2.24, 2.45) is 0 Å². The maximum Gasteiger partial charge on any atom is 0.253 e. The van der Waals surface area contributed by atoms with Gasteiger partial charge >= 0.3 is 0 Å². The number of benzene rings is 1. The first-order chi connectivity index (χ1) is 13.1. The molecule has 1 atom stereocenters. The van der Waals surface area contributed by atoms with Gasteiger partial charge in [0.1, 0.15) is 11.6 Å². The molecule has 2 amide bonds. The summed E-state index contributed by atoms with van der Waals surface area (Å²) in [5.74, 6) is 0.115. The second-order valence-corrected chi connectivity index (χ2v) is 8.06. The molecular formula is C21H30N4O2. The molecule has 0 radical (unpaired) electrons. The van der Waals surface area contributed by atoms with Gasteiger partial charge in [-0.3, -0.25) is 14.5 Å². The van der Waals surface area contributed by atoms with Crippen LogP contribution in [0.5, 0.6) is 0 Å². The molecule has 2 N–H and O–H groups in total. The van der Waals surface area contributed by atoms with Gasteiger partial charge in [-0.1, -0.05) is 25.0 Å². The summed E-state index contributed by atoms with van der Waals surface area (Å²) in [4.78, 5) is 30.6. The van der Waals surface area contributed by atoms with Crippen LogP contribution in [0.25, 0.3) is 0 Å². The Hall–Kier alpha value is -2.08. The Morgan fingerprint density at radius 3 is 2.44 bits per heavy atom. The Morgan fingerprint density at radius 1 is 1.07 bits per heavy atom. The van der Waals surface area contributed by atoms with Crippen molar-refractivity contribution in [2.45, 2.75) is 57.0 Å². The lowest BCUT2D eigenvalue weighted by molar-refractivity contribution is -0.135. The molecule has 2 saturated heterocycles. The number of fused-ring (bicyclic) bond motifs is 1. The van der Waals surface area contributed by atoms with E-state index in [9.17, 15) is 9.59 Å². The molecule has 1 aromatic rings. The average Bonchev–Trinajstić information content (AvgIpc) is 2.98. The topological polar surface area (TPSA) is 64.7 Å². The summed E-state index contributed by atoms with van der Waals surface area (Å²) < 4.78 is 0. The zero-order valence-electron chi connectivity index (χ0n) is 16.2. The Labute approximate surface area is 161 Å². The molecule has 3 heterocycles. The predicted octanol–water partition coefficient (Wildman–Crippen LogP) is 2.36. The first-order valence-electron chi connectivity index (χ1n) is 10.3. The lowest BCUT2D eigenvalue weighted by Gasteiger charge is -2.47. The molecule has 3 aliphatic heterocycles. The van der Waals surface area contributed by atoms with Crippen molar-refractivity contribution < 1.29 is 9.59 Å². The highest BCUT2D eigenvalue weighted by molar-refractivity contribution is 6.11. The lowest BCUT2D eigenvalue weighted by Crippen LogP contribution is -2.64. The van der Waals surface area contributed by atoms with Gasteiger partial charge in [0, 0.05) is 13.1 Å². The van der Waals surface area contributed by atoms with Gasteiger partial charge in [-0.2, -0.15) is 0 Å². The second kappa shape index (κ2) is 7.50. The number of hydrogen-bond donors (Lipinski definition) is 2. The van der Waals surface area contributed by atoms with Crippen molar-refractivity contribution in [3.8, 4) is 0 Å². The van der Waals surface area contributed by atoms with Crippen molar-refractivity contribution in [3.05, 3.63) is 24.3 Å². The highest BCUT2D eigenvalue weighted by Gasteiger charge is 2.49. The highest BCUT2D eigenvalue weighted by atomic mass is 16.2. The van der Waals surface area contributed by atoms with Crippen molar-refractivity contribution in [1.82, 2.24) is 10.2 Å². The molecular weight excluding hydrogens is 340 g/mol. The average molecular weight is 370 g/mol. The SMILES string of the molecule is C[C@H](C(=O)N1CCCCCC1)N1C(=O)C2(CCNCC2)Nc2ccccc21. The number of amides is 2. The highest BCUT2D eigenvalue weighted by Crippen LogP contribution is 2.40. The van der Waals surface area contributed by atoms with Gasteiger partial charge in [0.2, 0.25) is 5.91 Å². The zero-order valence-corrected chi connectivity index (χ0v) is 16.2. The van der Waals surface area contributed by atoms with Crippen LogP contribution in [0.4, 0.5) is 11.4 Å². The summed E-state index contributed by atoms with van der Waals surface area (Å²) in [6.45, 7) is 5.12. The smallest absolute Gasteiger partial charge is 0.253 e. The third-order valence-corrected chi connectivity index (χ3v) is 6.29. The molecule has 4 rings (SSSR count). The molecule has 0 aliphatic carbocycles. The van der Waals surface area contributed by atoms with Crippen LogP contribution in [-0.4, -0.2) is 54.5 Å². The summed E-state index contributed by atoms with van der Waals surface area (Å²) in [7, 11) is 0. The number of nitrogens with zero attached hydrogens (tertiary/aromatic N) is 2. The standard InChI is InChI=1S/C21H30N4O2/c1-16(19(26)24-14-6-2-3-7-15-24)25-18-9-5-4-8-17(18)23-21(20(25)27)10-12-22-13-11-21/h4-5,8-9,16,22-23H,2-3,6-7,10-15H2,1H3/t16-/m1/s1. The quantitative estimate of drug-likeness (QED) is 0.839. The third-order valence-electron chi connectivity index (χ3n) is 6.29. The fraction of sp³-hybridized carbons (Fsp3) is 0.619. The van der Waals surface area contributed by atoms with Crippen LogP contribution in [0, 0.1) is 0 Å². The molecule has 27 heavy (non-hydrogen) atoms. The molecule has 3 aliphatic rings. The van der Waals surface area contributed by atoms with Crippen molar-refractivity contribution in [1.29, 1.82) is 0 Å². The van der Waals surface area contributed by atoms with E-state index in [1.54, 1.807) is 4.90 Å². The maximum atomic E-state index is 13.6. The van der Waals surface area contributed by atoms with E-state index in [0.717, 1.165) is 63.2 Å². The Morgan fingerprint density at radius 2 is 1.74 bits per heavy atom. The number of nitrogens with one attached hydrogen (secondary N) is 2. The minimum absolute atomic E-state index is 0.0402. The van der Waals surface area contributed by atoms with Crippen molar-refractivity contribution >= 4 is 23.2 Å². The van der Waals surface area contributed by atoms with E-state index in [4.69, 9.17) is 0 Å². The van der Waals surface area contributed by atoms with Crippen LogP contribution < -0.4 is 15.5 Å². The molecule has 6 heteroatoms. The Kier molecular flexibility index (Phi) is 5.08. The fourth-order valence-corrected chi connectivity index (χ4v) is 4.68. The first kappa shape index (κ1) is 18.3. The number of carbonyl (C=O) groups is 2. The van der Waals surface area contributed by atoms with Gasteiger partial charge in [-0.05, 0) is 57.8 Å². The number of para-hydroxylation sites is 2. The summed E-state index contributed by atoms with van der Waals surface area (Å²) in [6, 6.07) is 7.40. The number of anilines is 2. The third kappa shape index (κ3) is 3.31. The number of likely N-dealkylation sites (tertiary alicyclic amines) is 1. The number of carbonyl (C=O) groups excluding carboxylic acids is 2. The van der Waals surface area contributed by atoms with E-state index in [0.29, 0.717) is 0 Å². The van der Waals surface area contributed by atoms with Crippen LogP contribution in [0.3, 0.4) is 0 Å². The van der Waals surface area contributed by atoms with Crippen molar-refractivity contribution in [3.63, 3.8) is 0 Å². The molecule has 6 nitrogen and oxygen atoms in total. The number of hydrogen-bond acceptors (Lipinski definition) is 4. The summed E-state index contributed by atoms with van der Waals surface area (Å²) in [5, 5.41) is 6.86. The second-order valence-electron chi connectivity index (χ2n) is 8.06. The van der Waals surface area contributed by atoms with Crippen LogP contribution in [0.15, 0.2) is 24.3 Å². The molecule has 0 bridgehead atoms. The van der Waals surface area contributed by atoms with Gasteiger partial charge < -0.3 is 15.5 Å². The van der Waals surface area contributed by atoms with Gasteiger partial charge in [0.05, 0.1) is 11.4 Å². The predicted molar refractivity (Wildman–Crippen MR) is 107 cm³/mol. The maximum absolute atomic E-state index is 13.6. The molecule has 1 spiro atoms. The van der Waals surface area contributed by atoms with Crippen LogP contribution >= 0.6 is 0 Å². The van der Waals surface area contributed by atoms with Crippen LogP contribution in [0.1, 0.15) is 45.4 Å². The van der Waals surface area contributed by atoms with E-state index in [2.05, 4.69) is 10.6 Å². The largest absolute Gasteiger partial charge is 0.369 e. The van der Waals surface area contributed by atoms with Gasteiger partial charge in [-0.15, -0.1) is 0 Å². The van der Waals surface area contributed by atoms with Gasteiger partial charge in [0.25, 0.3) is 5.91 Å². The van der Waals surface area contributed by atoms with E-state index in [-0.39, 0.29) is 11.8 Å². The molecule has 1 aromatic carbocycles.